The largest absolute Gasteiger partial charge is 0.382 e. The summed E-state index contributed by atoms with van der Waals surface area (Å²) in [4.78, 5) is 2.07. The van der Waals surface area contributed by atoms with Gasteiger partial charge in [-0.3, -0.25) is 4.68 Å². The van der Waals surface area contributed by atoms with Gasteiger partial charge in [-0.05, 0) is 26.6 Å². The first kappa shape index (κ1) is 15.0. The molecule has 0 bridgehead atoms. The Morgan fingerprint density at radius 3 is 2.55 bits per heavy atom. The van der Waals surface area contributed by atoms with Gasteiger partial charge < -0.3 is 10.0 Å². The number of halogens is 1. The van der Waals surface area contributed by atoms with Crippen molar-refractivity contribution in [2.24, 2.45) is 0 Å². The molecule has 4 nitrogen and oxygen atoms in total. The van der Waals surface area contributed by atoms with Crippen LogP contribution in [0.2, 0.25) is 5.02 Å². The van der Waals surface area contributed by atoms with E-state index in [1.165, 1.54) is 0 Å². The third-order valence-electron chi connectivity index (χ3n) is 3.24. The van der Waals surface area contributed by atoms with Crippen LogP contribution >= 0.6 is 11.6 Å². The smallest absolute Gasteiger partial charge is 0.122 e. The first-order valence-electron chi connectivity index (χ1n) is 6.59. The summed E-state index contributed by atoms with van der Waals surface area (Å²) in [5, 5.41) is 15.3. The summed E-state index contributed by atoms with van der Waals surface area (Å²) >= 11 is 6.18. The van der Waals surface area contributed by atoms with Crippen LogP contribution in [0, 0.1) is 6.92 Å². The Labute approximate surface area is 124 Å². The van der Waals surface area contributed by atoms with Crippen LogP contribution in [0.1, 0.15) is 22.9 Å². The Hall–Kier alpha value is -1.36. The lowest BCUT2D eigenvalue weighted by molar-refractivity contribution is 0.205. The highest BCUT2D eigenvalue weighted by Crippen LogP contribution is 2.28. The molecule has 1 atom stereocenters. The normalized spacial score (nSPS) is 12.9. The van der Waals surface area contributed by atoms with Gasteiger partial charge in [-0.15, -0.1) is 0 Å². The number of hydrogen-bond acceptors (Lipinski definition) is 3. The summed E-state index contributed by atoms with van der Waals surface area (Å²) < 4.78 is 1.77. The van der Waals surface area contributed by atoms with Crippen LogP contribution in [0.15, 0.2) is 30.5 Å². The van der Waals surface area contributed by atoms with Crippen molar-refractivity contribution in [1.82, 2.24) is 14.7 Å². The maximum Gasteiger partial charge on any atom is 0.122 e. The van der Waals surface area contributed by atoms with E-state index in [0.29, 0.717) is 17.3 Å². The van der Waals surface area contributed by atoms with Crippen LogP contribution in [-0.4, -0.2) is 40.4 Å². The lowest BCUT2D eigenvalue weighted by Crippen LogP contribution is -2.21. The van der Waals surface area contributed by atoms with Gasteiger partial charge in [0.1, 0.15) is 6.10 Å². The molecule has 1 unspecified atom stereocenters. The summed E-state index contributed by atoms with van der Waals surface area (Å²) in [5.41, 5.74) is 2.63. The van der Waals surface area contributed by atoms with Crippen molar-refractivity contribution in [2.45, 2.75) is 19.6 Å². The van der Waals surface area contributed by atoms with Gasteiger partial charge in [-0.2, -0.15) is 5.10 Å². The van der Waals surface area contributed by atoms with E-state index in [-0.39, 0.29) is 0 Å². The average molecular weight is 294 g/mol. The molecule has 108 valence electrons. The van der Waals surface area contributed by atoms with Gasteiger partial charge in [0.05, 0.1) is 23.5 Å². The minimum absolute atomic E-state index is 0.497. The van der Waals surface area contributed by atoms with Crippen molar-refractivity contribution in [3.8, 4) is 0 Å². The lowest BCUT2D eigenvalue weighted by atomic mass is 10.0. The molecule has 0 saturated heterocycles. The molecule has 0 amide bonds. The molecule has 1 N–H and O–H groups in total. The van der Waals surface area contributed by atoms with E-state index in [0.717, 1.165) is 17.7 Å². The van der Waals surface area contributed by atoms with E-state index < -0.39 is 6.10 Å². The predicted octanol–water partition coefficient (Wildman–Crippen LogP) is 2.49. The van der Waals surface area contributed by atoms with Crippen molar-refractivity contribution in [3.05, 3.63) is 52.3 Å². The highest BCUT2D eigenvalue weighted by Gasteiger charge is 2.19. The highest BCUT2D eigenvalue weighted by molar-refractivity contribution is 6.31. The summed E-state index contributed by atoms with van der Waals surface area (Å²) in [6.07, 6.45) is 0.831. The Morgan fingerprint density at radius 1 is 1.30 bits per heavy atom. The van der Waals surface area contributed by atoms with Crippen LogP contribution < -0.4 is 0 Å². The van der Waals surface area contributed by atoms with Crippen molar-refractivity contribution >= 4 is 11.6 Å². The Balaban J connectivity index is 2.26. The summed E-state index contributed by atoms with van der Waals surface area (Å²) in [6.45, 7) is 3.55. The molecular formula is C15H20ClN3O. The molecule has 0 spiro atoms. The number of aliphatic hydroxyl groups excluding tert-OH is 1. The fourth-order valence-electron chi connectivity index (χ4n) is 2.02. The van der Waals surface area contributed by atoms with E-state index in [9.17, 15) is 5.11 Å². The van der Waals surface area contributed by atoms with Crippen molar-refractivity contribution < 1.29 is 5.11 Å². The summed E-state index contributed by atoms with van der Waals surface area (Å²) in [7, 11) is 4.00. The second kappa shape index (κ2) is 6.39. The predicted molar refractivity (Wildman–Crippen MR) is 81.0 cm³/mol. The number of aliphatic hydroxyl groups is 1. The number of hydrogen-bond donors (Lipinski definition) is 1. The molecule has 0 radical (unpaired) electrons. The second-order valence-electron chi connectivity index (χ2n) is 5.22. The van der Waals surface area contributed by atoms with E-state index in [4.69, 9.17) is 11.6 Å². The van der Waals surface area contributed by atoms with E-state index in [1.807, 2.05) is 45.3 Å². The van der Waals surface area contributed by atoms with Crippen LogP contribution in [0.25, 0.3) is 0 Å². The molecule has 5 heteroatoms. The summed E-state index contributed by atoms with van der Waals surface area (Å²) in [5.74, 6) is 0. The fraction of sp³-hybridized carbons (Fsp3) is 0.400. The van der Waals surface area contributed by atoms with Crippen LogP contribution in [0.3, 0.4) is 0 Å². The SMILES string of the molecule is Cc1ccc(C(O)c2c(Cl)cnn2CCN(C)C)cc1. The highest BCUT2D eigenvalue weighted by atomic mass is 35.5. The lowest BCUT2D eigenvalue weighted by Gasteiger charge is -2.16. The maximum atomic E-state index is 10.5. The van der Waals surface area contributed by atoms with Gasteiger partial charge in [0, 0.05) is 6.54 Å². The zero-order valence-electron chi connectivity index (χ0n) is 12.0. The standard InChI is InChI=1S/C15H20ClN3O/c1-11-4-6-12(7-5-11)15(20)14-13(16)10-17-19(14)9-8-18(2)3/h4-7,10,15,20H,8-9H2,1-3H3. The first-order valence-corrected chi connectivity index (χ1v) is 6.97. The number of aromatic nitrogens is 2. The Kier molecular flexibility index (Phi) is 4.81. The molecular weight excluding hydrogens is 274 g/mol. The molecule has 1 aromatic carbocycles. The van der Waals surface area contributed by atoms with Gasteiger partial charge in [0.15, 0.2) is 0 Å². The van der Waals surface area contributed by atoms with Crippen molar-refractivity contribution in [2.75, 3.05) is 20.6 Å². The maximum absolute atomic E-state index is 10.5. The number of aryl methyl sites for hydroxylation is 1. The molecule has 2 aromatic rings. The quantitative estimate of drug-likeness (QED) is 0.921. The summed E-state index contributed by atoms with van der Waals surface area (Å²) in [6, 6.07) is 7.79. The Morgan fingerprint density at radius 2 is 1.95 bits per heavy atom. The van der Waals surface area contributed by atoms with Crippen LogP contribution in [-0.2, 0) is 6.54 Å². The van der Waals surface area contributed by atoms with E-state index >= 15 is 0 Å². The minimum atomic E-state index is -0.757. The molecule has 0 aliphatic rings. The van der Waals surface area contributed by atoms with E-state index in [1.54, 1.807) is 10.9 Å². The molecule has 0 fully saturated rings. The molecule has 1 heterocycles. The molecule has 0 aliphatic heterocycles. The molecule has 0 saturated carbocycles. The number of benzene rings is 1. The van der Waals surface area contributed by atoms with Gasteiger partial charge >= 0.3 is 0 Å². The van der Waals surface area contributed by atoms with Gasteiger partial charge in [0.2, 0.25) is 0 Å². The monoisotopic (exact) mass is 293 g/mol. The van der Waals surface area contributed by atoms with Crippen molar-refractivity contribution in [3.63, 3.8) is 0 Å². The Bertz CT molecular complexity index is 563. The topological polar surface area (TPSA) is 41.3 Å². The van der Waals surface area contributed by atoms with Crippen LogP contribution in [0.5, 0.6) is 0 Å². The minimum Gasteiger partial charge on any atom is -0.382 e. The zero-order chi connectivity index (χ0) is 14.7. The second-order valence-corrected chi connectivity index (χ2v) is 5.62. The number of likely N-dealkylation sites (N-methyl/N-ethyl adjacent to an activating group) is 1. The fourth-order valence-corrected chi connectivity index (χ4v) is 2.27. The zero-order valence-corrected chi connectivity index (χ0v) is 12.8. The molecule has 0 aliphatic carbocycles. The average Bonchev–Trinajstić information content (AvgIpc) is 2.77. The molecule has 20 heavy (non-hydrogen) atoms. The number of rotatable bonds is 5. The van der Waals surface area contributed by atoms with Crippen LogP contribution in [0.4, 0.5) is 0 Å². The van der Waals surface area contributed by atoms with Gasteiger partial charge in [-0.1, -0.05) is 41.4 Å². The molecule has 1 aromatic heterocycles. The van der Waals surface area contributed by atoms with Gasteiger partial charge in [0.25, 0.3) is 0 Å². The van der Waals surface area contributed by atoms with Crippen molar-refractivity contribution in [1.29, 1.82) is 0 Å². The van der Waals surface area contributed by atoms with Gasteiger partial charge in [-0.25, -0.2) is 0 Å². The first-order chi connectivity index (χ1) is 9.49. The van der Waals surface area contributed by atoms with E-state index in [2.05, 4.69) is 10.00 Å². The third kappa shape index (κ3) is 3.39. The third-order valence-corrected chi connectivity index (χ3v) is 3.54. The molecule has 2 rings (SSSR count). The number of nitrogens with zero attached hydrogens (tertiary/aromatic N) is 3.